The van der Waals surface area contributed by atoms with E-state index in [-0.39, 0.29) is 17.0 Å². The van der Waals surface area contributed by atoms with Crippen molar-refractivity contribution in [3.05, 3.63) is 64.6 Å². The van der Waals surface area contributed by atoms with Crippen molar-refractivity contribution in [3.8, 4) is 5.75 Å². The molecule has 2 aromatic carbocycles. The molecular formula is C15H10FNO3. The molecule has 0 atom stereocenters. The minimum absolute atomic E-state index is 0.0527. The van der Waals surface area contributed by atoms with Crippen molar-refractivity contribution in [1.82, 2.24) is 0 Å². The summed E-state index contributed by atoms with van der Waals surface area (Å²) < 4.78 is 18.9. The van der Waals surface area contributed by atoms with E-state index < -0.39 is 11.6 Å². The zero-order valence-electron chi connectivity index (χ0n) is 10.6. The van der Waals surface area contributed by atoms with Crippen LogP contribution in [0.25, 0.3) is 0 Å². The number of fused-ring (bicyclic) bond motifs is 1. The number of halogens is 1. The quantitative estimate of drug-likeness (QED) is 0.623. The SMILES string of the molecule is COc1ccccc1C1=[N+]([O-])c2ccc(F)cc2C1=O. The van der Waals surface area contributed by atoms with E-state index in [0.29, 0.717) is 16.1 Å². The number of carbonyl (C=O) groups is 1. The fraction of sp³-hybridized carbons (Fsp3) is 0.0667. The van der Waals surface area contributed by atoms with Crippen LogP contribution < -0.4 is 4.74 Å². The van der Waals surface area contributed by atoms with Crippen molar-refractivity contribution in [1.29, 1.82) is 0 Å². The molecule has 0 radical (unpaired) electrons. The average molecular weight is 271 g/mol. The molecule has 0 amide bonds. The molecule has 0 aliphatic carbocycles. The monoisotopic (exact) mass is 271 g/mol. The van der Waals surface area contributed by atoms with Crippen molar-refractivity contribution >= 4 is 17.2 Å². The van der Waals surface area contributed by atoms with Gasteiger partial charge < -0.3 is 9.94 Å². The van der Waals surface area contributed by atoms with Crippen molar-refractivity contribution in [2.75, 3.05) is 7.11 Å². The topological polar surface area (TPSA) is 52.4 Å². The molecule has 4 nitrogen and oxygen atoms in total. The highest BCUT2D eigenvalue weighted by molar-refractivity contribution is 6.52. The summed E-state index contributed by atoms with van der Waals surface area (Å²) in [7, 11) is 1.46. The van der Waals surface area contributed by atoms with Crippen LogP contribution >= 0.6 is 0 Å². The number of ketones is 1. The van der Waals surface area contributed by atoms with Crippen LogP contribution in [-0.2, 0) is 0 Å². The lowest BCUT2D eigenvalue weighted by molar-refractivity contribution is -0.355. The van der Waals surface area contributed by atoms with Crippen molar-refractivity contribution < 1.29 is 18.7 Å². The fourth-order valence-corrected chi connectivity index (χ4v) is 2.28. The zero-order valence-corrected chi connectivity index (χ0v) is 10.6. The Labute approximate surface area is 114 Å². The van der Waals surface area contributed by atoms with E-state index in [1.54, 1.807) is 24.3 Å². The predicted octanol–water partition coefficient (Wildman–Crippen LogP) is 2.66. The van der Waals surface area contributed by atoms with Crippen LogP contribution in [0.15, 0.2) is 42.5 Å². The maximum atomic E-state index is 13.2. The second-order valence-corrected chi connectivity index (χ2v) is 4.33. The summed E-state index contributed by atoms with van der Waals surface area (Å²) in [5.41, 5.74) is 0.563. The zero-order chi connectivity index (χ0) is 14.3. The van der Waals surface area contributed by atoms with Gasteiger partial charge in [-0.25, -0.2) is 4.39 Å². The molecule has 0 bridgehead atoms. The first kappa shape index (κ1) is 12.3. The largest absolute Gasteiger partial charge is 0.618 e. The van der Waals surface area contributed by atoms with Crippen LogP contribution in [0.3, 0.4) is 0 Å². The van der Waals surface area contributed by atoms with Gasteiger partial charge >= 0.3 is 0 Å². The number of benzene rings is 2. The van der Waals surface area contributed by atoms with Gasteiger partial charge in [-0.15, -0.1) is 0 Å². The van der Waals surface area contributed by atoms with E-state index in [2.05, 4.69) is 0 Å². The molecular weight excluding hydrogens is 261 g/mol. The van der Waals surface area contributed by atoms with Gasteiger partial charge in [0, 0.05) is 6.07 Å². The molecule has 1 aliphatic heterocycles. The van der Waals surface area contributed by atoms with Crippen LogP contribution in [0.1, 0.15) is 15.9 Å². The third-order valence-electron chi connectivity index (χ3n) is 3.20. The van der Waals surface area contributed by atoms with E-state index in [9.17, 15) is 14.4 Å². The Kier molecular flexibility index (Phi) is 2.75. The molecule has 0 saturated carbocycles. The molecule has 0 saturated heterocycles. The molecule has 0 N–H and O–H groups in total. The number of ether oxygens (including phenoxy) is 1. The Hall–Kier alpha value is -2.69. The van der Waals surface area contributed by atoms with Crippen LogP contribution in [0.2, 0.25) is 0 Å². The van der Waals surface area contributed by atoms with E-state index in [1.165, 1.54) is 13.2 Å². The van der Waals surface area contributed by atoms with Gasteiger partial charge in [-0.2, -0.15) is 4.74 Å². The van der Waals surface area contributed by atoms with Gasteiger partial charge in [-0.1, -0.05) is 12.1 Å². The van der Waals surface area contributed by atoms with Crippen LogP contribution in [0.4, 0.5) is 10.1 Å². The normalized spacial score (nSPS) is 13.6. The third kappa shape index (κ3) is 1.67. The third-order valence-corrected chi connectivity index (χ3v) is 3.20. The van der Waals surface area contributed by atoms with Gasteiger partial charge in [-0.05, 0) is 24.3 Å². The predicted molar refractivity (Wildman–Crippen MR) is 71.1 cm³/mol. The Morgan fingerprint density at radius 3 is 2.65 bits per heavy atom. The number of rotatable bonds is 2. The van der Waals surface area contributed by atoms with Crippen molar-refractivity contribution in [3.63, 3.8) is 0 Å². The van der Waals surface area contributed by atoms with Crippen molar-refractivity contribution in [2.24, 2.45) is 0 Å². The minimum Gasteiger partial charge on any atom is -0.618 e. The lowest BCUT2D eigenvalue weighted by Crippen LogP contribution is -2.17. The molecule has 0 aromatic heterocycles. The van der Waals surface area contributed by atoms with Crippen molar-refractivity contribution in [2.45, 2.75) is 0 Å². The highest BCUT2D eigenvalue weighted by Crippen LogP contribution is 2.31. The Bertz CT molecular complexity index is 753. The van der Waals surface area contributed by atoms with Crippen LogP contribution in [0, 0.1) is 11.0 Å². The Morgan fingerprint density at radius 1 is 1.15 bits per heavy atom. The van der Waals surface area contributed by atoms with Crippen LogP contribution in [-0.4, -0.2) is 23.3 Å². The first-order valence-electron chi connectivity index (χ1n) is 5.95. The Morgan fingerprint density at radius 2 is 1.90 bits per heavy atom. The molecule has 0 unspecified atom stereocenters. The molecule has 100 valence electrons. The summed E-state index contributed by atoms with van der Waals surface area (Å²) in [6, 6.07) is 10.3. The lowest BCUT2D eigenvalue weighted by Gasteiger charge is -2.06. The molecule has 5 heteroatoms. The Balaban J connectivity index is 2.22. The summed E-state index contributed by atoms with van der Waals surface area (Å²) in [6.45, 7) is 0. The molecule has 3 rings (SSSR count). The molecule has 1 heterocycles. The van der Waals surface area contributed by atoms with Gasteiger partial charge in [0.15, 0.2) is 0 Å². The number of nitrogens with zero attached hydrogens (tertiary/aromatic N) is 1. The second-order valence-electron chi connectivity index (χ2n) is 4.33. The van der Waals surface area contributed by atoms with Gasteiger partial charge in [-0.3, -0.25) is 4.79 Å². The standard InChI is InChI=1S/C15H10FNO3/c1-20-13-5-3-2-4-10(13)14-15(18)11-8-9(16)6-7-12(11)17(14)19/h2-8H,1H3. The van der Waals surface area contributed by atoms with E-state index in [4.69, 9.17) is 4.74 Å². The van der Waals surface area contributed by atoms with E-state index >= 15 is 0 Å². The fourth-order valence-electron chi connectivity index (χ4n) is 2.28. The molecule has 2 aromatic rings. The maximum Gasteiger partial charge on any atom is 0.276 e. The first-order valence-corrected chi connectivity index (χ1v) is 5.95. The summed E-state index contributed by atoms with van der Waals surface area (Å²) in [6.07, 6.45) is 0. The minimum atomic E-state index is -0.549. The number of Topliss-reactive ketones (excluding diaryl/α,β-unsaturated/α-hetero) is 1. The smallest absolute Gasteiger partial charge is 0.276 e. The van der Waals surface area contributed by atoms with E-state index in [0.717, 1.165) is 12.1 Å². The van der Waals surface area contributed by atoms with Crippen LogP contribution in [0.5, 0.6) is 5.75 Å². The average Bonchev–Trinajstić information content (AvgIpc) is 2.70. The molecule has 1 aliphatic rings. The second kappa shape index (κ2) is 4.45. The molecule has 20 heavy (non-hydrogen) atoms. The summed E-state index contributed by atoms with van der Waals surface area (Å²) >= 11 is 0. The number of hydrogen-bond acceptors (Lipinski definition) is 3. The molecule has 0 spiro atoms. The van der Waals surface area contributed by atoms with Gasteiger partial charge in [0.2, 0.25) is 5.69 Å². The number of carbonyl (C=O) groups excluding carboxylic acids is 1. The van der Waals surface area contributed by atoms with Gasteiger partial charge in [0.1, 0.15) is 17.1 Å². The highest BCUT2D eigenvalue weighted by Gasteiger charge is 2.38. The maximum absolute atomic E-state index is 13.2. The summed E-state index contributed by atoms with van der Waals surface area (Å²) in [5, 5.41) is 12.3. The summed E-state index contributed by atoms with van der Waals surface area (Å²) in [5.74, 6) is -0.629. The number of methoxy groups -OCH3 is 1. The van der Waals surface area contributed by atoms with Gasteiger partial charge in [0.25, 0.3) is 11.5 Å². The number of hydrogen-bond donors (Lipinski definition) is 0. The van der Waals surface area contributed by atoms with E-state index in [1.807, 2.05) is 0 Å². The highest BCUT2D eigenvalue weighted by atomic mass is 19.1. The summed E-state index contributed by atoms with van der Waals surface area (Å²) in [4.78, 5) is 12.3. The number of para-hydroxylation sites is 1. The molecule has 0 fully saturated rings. The first-order chi connectivity index (χ1) is 9.63. The lowest BCUT2D eigenvalue weighted by atomic mass is 10.0. The van der Waals surface area contributed by atoms with Gasteiger partial charge in [0.05, 0.1) is 12.7 Å².